The molecule has 0 N–H and O–H groups in total. The van der Waals surface area contributed by atoms with Crippen LogP contribution >= 0.6 is 34.2 Å². The van der Waals surface area contributed by atoms with Crippen LogP contribution in [0.1, 0.15) is 16.1 Å². The molecule has 106 valence electrons. The van der Waals surface area contributed by atoms with Crippen LogP contribution in [0.2, 0.25) is 5.02 Å². The van der Waals surface area contributed by atoms with Gasteiger partial charge in [-0.3, -0.25) is 4.79 Å². The van der Waals surface area contributed by atoms with Gasteiger partial charge in [0.1, 0.15) is 11.5 Å². The van der Waals surface area contributed by atoms with Gasteiger partial charge in [-0.05, 0) is 46.9 Å². The highest BCUT2D eigenvalue weighted by Gasteiger charge is 2.19. The number of rotatable bonds is 4. The zero-order valence-corrected chi connectivity index (χ0v) is 13.9. The molecule has 0 saturated carbocycles. The topological polar surface area (TPSA) is 42.7 Å². The number of carbonyl (C=O) groups is 1. The third-order valence-corrected chi connectivity index (χ3v) is 4.32. The molecule has 0 aliphatic heterocycles. The minimum atomic E-state index is -0.170. The van der Waals surface area contributed by atoms with Gasteiger partial charge in [-0.25, -0.2) is 0 Å². The molecular weight excluding hydrogens is 393 g/mol. The maximum absolute atomic E-state index is 12.5. The maximum Gasteiger partial charge on any atom is 0.257 e. The van der Waals surface area contributed by atoms with Crippen molar-refractivity contribution in [2.75, 3.05) is 14.2 Å². The molecule has 6 heteroatoms. The van der Waals surface area contributed by atoms with Gasteiger partial charge in [-0.1, -0.05) is 11.6 Å². The van der Waals surface area contributed by atoms with Gasteiger partial charge >= 0.3 is 0 Å². The molecule has 0 aliphatic rings. The van der Waals surface area contributed by atoms with Gasteiger partial charge in [-0.2, -0.15) is 0 Å². The lowest BCUT2D eigenvalue weighted by molar-refractivity contribution is 0.0772. The summed E-state index contributed by atoms with van der Waals surface area (Å²) in [5.41, 5.74) is 0.437. The summed E-state index contributed by atoms with van der Waals surface area (Å²) in [4.78, 5) is 14.0. The summed E-state index contributed by atoms with van der Waals surface area (Å²) in [7, 11) is 3.23. The predicted octanol–water partition coefficient (Wildman–Crippen LogP) is 3.82. The van der Waals surface area contributed by atoms with Gasteiger partial charge < -0.3 is 14.1 Å². The van der Waals surface area contributed by atoms with Gasteiger partial charge in [0.15, 0.2) is 0 Å². The summed E-state index contributed by atoms with van der Waals surface area (Å²) in [5.74, 6) is 1.06. The molecule has 1 heterocycles. The Kier molecular flexibility index (Phi) is 4.93. The van der Waals surface area contributed by atoms with Gasteiger partial charge in [0.05, 0.1) is 30.5 Å². The number of ether oxygens (including phenoxy) is 1. The molecule has 20 heavy (non-hydrogen) atoms. The van der Waals surface area contributed by atoms with Crippen LogP contribution in [0.15, 0.2) is 34.9 Å². The summed E-state index contributed by atoms with van der Waals surface area (Å²) in [6.07, 6.45) is 1.58. The molecule has 0 fully saturated rings. The van der Waals surface area contributed by atoms with Crippen molar-refractivity contribution in [3.63, 3.8) is 0 Å². The number of methoxy groups -OCH3 is 1. The van der Waals surface area contributed by atoms with Crippen LogP contribution in [0.25, 0.3) is 0 Å². The van der Waals surface area contributed by atoms with Gasteiger partial charge in [0.25, 0.3) is 5.91 Å². The molecule has 0 spiro atoms. The summed E-state index contributed by atoms with van der Waals surface area (Å²) in [6.45, 7) is 0.387. The van der Waals surface area contributed by atoms with E-state index in [1.54, 1.807) is 36.4 Å². The average molecular weight is 406 g/mol. The number of furan rings is 1. The highest BCUT2D eigenvalue weighted by molar-refractivity contribution is 14.1. The Morgan fingerprint density at radius 2 is 2.25 bits per heavy atom. The Bertz CT molecular complexity index is 613. The fourth-order valence-electron chi connectivity index (χ4n) is 1.78. The number of carbonyl (C=O) groups excluding carboxylic acids is 1. The zero-order chi connectivity index (χ0) is 14.7. The first-order valence-corrected chi connectivity index (χ1v) is 7.29. The largest absolute Gasteiger partial charge is 0.496 e. The van der Waals surface area contributed by atoms with E-state index in [0.717, 1.165) is 9.33 Å². The molecule has 2 rings (SSSR count). The lowest BCUT2D eigenvalue weighted by atomic mass is 10.1. The quantitative estimate of drug-likeness (QED) is 0.726. The monoisotopic (exact) mass is 405 g/mol. The summed E-state index contributed by atoms with van der Waals surface area (Å²) in [6, 6.07) is 6.98. The second-order valence-electron chi connectivity index (χ2n) is 4.21. The van der Waals surface area contributed by atoms with E-state index >= 15 is 0 Å². The van der Waals surface area contributed by atoms with Crippen LogP contribution in [-0.4, -0.2) is 25.0 Å². The van der Waals surface area contributed by atoms with Crippen molar-refractivity contribution in [3.8, 4) is 5.75 Å². The fourth-order valence-corrected chi connectivity index (χ4v) is 2.38. The molecule has 0 aliphatic carbocycles. The van der Waals surface area contributed by atoms with E-state index < -0.39 is 0 Å². The van der Waals surface area contributed by atoms with E-state index in [0.29, 0.717) is 22.9 Å². The van der Waals surface area contributed by atoms with E-state index in [2.05, 4.69) is 22.6 Å². The Balaban J connectivity index is 2.26. The summed E-state index contributed by atoms with van der Waals surface area (Å²) < 4.78 is 11.3. The first kappa shape index (κ1) is 15.2. The third-order valence-electron chi connectivity index (χ3n) is 2.79. The lowest BCUT2D eigenvalue weighted by Gasteiger charge is -2.18. The second kappa shape index (κ2) is 6.49. The average Bonchev–Trinajstić information content (AvgIpc) is 2.93. The minimum Gasteiger partial charge on any atom is -0.496 e. The Hall–Kier alpha value is -1.21. The zero-order valence-electron chi connectivity index (χ0n) is 11.0. The second-order valence-corrected chi connectivity index (χ2v) is 5.78. The van der Waals surface area contributed by atoms with Crippen molar-refractivity contribution in [1.82, 2.24) is 4.90 Å². The van der Waals surface area contributed by atoms with Crippen LogP contribution in [0.3, 0.4) is 0 Å². The summed E-state index contributed by atoms with van der Waals surface area (Å²) in [5, 5.41) is 0.529. The molecule has 0 atom stereocenters. The summed E-state index contributed by atoms with van der Waals surface area (Å²) >= 11 is 8.18. The molecule has 4 nitrogen and oxygen atoms in total. The van der Waals surface area contributed by atoms with Crippen molar-refractivity contribution < 1.29 is 13.9 Å². The smallest absolute Gasteiger partial charge is 0.257 e. The van der Waals surface area contributed by atoms with E-state index in [4.69, 9.17) is 20.8 Å². The van der Waals surface area contributed by atoms with Crippen molar-refractivity contribution in [1.29, 1.82) is 0 Å². The Labute approximate surface area is 135 Å². The van der Waals surface area contributed by atoms with Crippen molar-refractivity contribution in [2.45, 2.75) is 6.54 Å². The van der Waals surface area contributed by atoms with Crippen molar-refractivity contribution in [3.05, 3.63) is 50.4 Å². The molecule has 0 unspecified atom stereocenters. The number of hydrogen-bond acceptors (Lipinski definition) is 3. The first-order valence-electron chi connectivity index (χ1n) is 5.83. The van der Waals surface area contributed by atoms with E-state index in [1.165, 1.54) is 7.11 Å². The number of benzene rings is 1. The van der Waals surface area contributed by atoms with Crippen molar-refractivity contribution >= 4 is 40.1 Å². The fraction of sp³-hybridized carbons (Fsp3) is 0.214. The Morgan fingerprint density at radius 3 is 2.85 bits per heavy atom. The number of halogens is 2. The predicted molar refractivity (Wildman–Crippen MR) is 85.2 cm³/mol. The van der Waals surface area contributed by atoms with E-state index in [1.807, 2.05) is 6.07 Å². The van der Waals surface area contributed by atoms with Crippen LogP contribution in [-0.2, 0) is 6.54 Å². The molecule has 1 amide bonds. The molecule has 0 bridgehead atoms. The van der Waals surface area contributed by atoms with Crippen LogP contribution < -0.4 is 4.74 Å². The highest BCUT2D eigenvalue weighted by atomic mass is 127. The highest BCUT2D eigenvalue weighted by Crippen LogP contribution is 2.29. The van der Waals surface area contributed by atoms with Crippen LogP contribution in [0.5, 0.6) is 5.75 Å². The van der Waals surface area contributed by atoms with E-state index in [9.17, 15) is 4.79 Å². The Morgan fingerprint density at radius 1 is 1.50 bits per heavy atom. The van der Waals surface area contributed by atoms with Gasteiger partial charge in [0, 0.05) is 10.6 Å². The molecule has 1 aromatic carbocycles. The number of nitrogens with zero attached hydrogens (tertiary/aromatic N) is 1. The van der Waals surface area contributed by atoms with E-state index in [-0.39, 0.29) is 5.91 Å². The first-order chi connectivity index (χ1) is 9.52. The maximum atomic E-state index is 12.5. The molecule has 0 saturated heterocycles. The molecular formula is C14H13ClINO3. The molecule has 1 aromatic heterocycles. The normalized spacial score (nSPS) is 10.4. The van der Waals surface area contributed by atoms with Gasteiger partial charge in [-0.15, -0.1) is 0 Å². The van der Waals surface area contributed by atoms with Crippen LogP contribution in [0, 0.1) is 3.57 Å². The SMILES string of the molecule is COc1cc(I)c(Cl)cc1C(=O)N(C)Cc1ccco1. The lowest BCUT2D eigenvalue weighted by Crippen LogP contribution is -2.26. The third kappa shape index (κ3) is 3.27. The number of amides is 1. The molecule has 0 radical (unpaired) electrons. The minimum absolute atomic E-state index is 0.170. The number of hydrogen-bond donors (Lipinski definition) is 0. The molecule has 2 aromatic rings. The van der Waals surface area contributed by atoms with Crippen LogP contribution in [0.4, 0.5) is 0 Å². The van der Waals surface area contributed by atoms with Gasteiger partial charge in [0.2, 0.25) is 0 Å². The van der Waals surface area contributed by atoms with Crippen molar-refractivity contribution in [2.24, 2.45) is 0 Å². The standard InChI is InChI=1S/C14H13ClINO3/c1-17(8-9-4-3-5-20-9)14(18)10-6-11(15)12(16)7-13(10)19-2/h3-7H,8H2,1-2H3.